The second kappa shape index (κ2) is 5.51. The molecule has 20 heavy (non-hydrogen) atoms. The van der Waals surface area contributed by atoms with Crippen molar-refractivity contribution in [1.82, 2.24) is 4.98 Å². The van der Waals surface area contributed by atoms with E-state index in [0.717, 1.165) is 35.2 Å². The van der Waals surface area contributed by atoms with Gasteiger partial charge in [0.1, 0.15) is 0 Å². The number of rotatable bonds is 4. The summed E-state index contributed by atoms with van der Waals surface area (Å²) in [5.74, 6) is 0. The van der Waals surface area contributed by atoms with Gasteiger partial charge < -0.3 is 10.6 Å². The van der Waals surface area contributed by atoms with Crippen LogP contribution >= 0.6 is 11.3 Å². The Morgan fingerprint density at radius 1 is 1.20 bits per heavy atom. The van der Waals surface area contributed by atoms with Gasteiger partial charge in [0.05, 0.1) is 11.2 Å². The molecule has 2 heterocycles. The number of aromatic nitrogens is 1. The van der Waals surface area contributed by atoms with Crippen molar-refractivity contribution >= 4 is 33.6 Å². The van der Waals surface area contributed by atoms with Gasteiger partial charge in [0.15, 0.2) is 0 Å². The Morgan fingerprint density at radius 2 is 2.10 bits per heavy atom. The SMILES string of the molecule is CN(CCc1cccs1)c1ccc(N)c2cccnc12. The third-order valence-corrected chi connectivity index (χ3v) is 4.40. The van der Waals surface area contributed by atoms with Crippen LogP contribution in [0.1, 0.15) is 4.88 Å². The van der Waals surface area contributed by atoms with Crippen molar-refractivity contribution in [3.8, 4) is 0 Å². The minimum atomic E-state index is 0.781. The number of hydrogen-bond donors (Lipinski definition) is 1. The summed E-state index contributed by atoms with van der Waals surface area (Å²) in [5, 5.41) is 3.14. The van der Waals surface area contributed by atoms with E-state index in [0.29, 0.717) is 0 Å². The zero-order chi connectivity index (χ0) is 13.9. The molecule has 3 nitrogen and oxygen atoms in total. The van der Waals surface area contributed by atoms with Crippen LogP contribution in [0.2, 0.25) is 0 Å². The molecular formula is C16H17N3S. The Labute approximate surface area is 122 Å². The van der Waals surface area contributed by atoms with Gasteiger partial charge in [-0.25, -0.2) is 0 Å². The third-order valence-electron chi connectivity index (χ3n) is 3.47. The number of nitrogen functional groups attached to an aromatic ring is 1. The highest BCUT2D eigenvalue weighted by Gasteiger charge is 2.09. The van der Waals surface area contributed by atoms with E-state index in [1.165, 1.54) is 4.88 Å². The zero-order valence-corrected chi connectivity index (χ0v) is 12.2. The molecule has 0 saturated carbocycles. The van der Waals surface area contributed by atoms with Crippen LogP contribution in [-0.4, -0.2) is 18.6 Å². The lowest BCUT2D eigenvalue weighted by Gasteiger charge is -2.20. The Bertz CT molecular complexity index is 707. The molecule has 3 aromatic rings. The molecule has 2 aromatic heterocycles. The first-order valence-electron chi connectivity index (χ1n) is 6.62. The molecule has 0 saturated heterocycles. The van der Waals surface area contributed by atoms with Gasteiger partial charge in [-0.15, -0.1) is 11.3 Å². The number of likely N-dealkylation sites (N-methyl/N-ethyl adjacent to an activating group) is 1. The summed E-state index contributed by atoms with van der Waals surface area (Å²) in [7, 11) is 2.10. The molecule has 102 valence electrons. The van der Waals surface area contributed by atoms with Crippen LogP contribution in [-0.2, 0) is 6.42 Å². The number of thiophene rings is 1. The number of hydrogen-bond acceptors (Lipinski definition) is 4. The van der Waals surface area contributed by atoms with Gasteiger partial charge in [0.2, 0.25) is 0 Å². The minimum Gasteiger partial charge on any atom is -0.398 e. The van der Waals surface area contributed by atoms with Crippen molar-refractivity contribution in [2.24, 2.45) is 0 Å². The van der Waals surface area contributed by atoms with E-state index in [1.807, 2.05) is 24.4 Å². The fraction of sp³-hybridized carbons (Fsp3) is 0.188. The number of nitrogens with two attached hydrogens (primary N) is 1. The lowest BCUT2D eigenvalue weighted by molar-refractivity contribution is 0.890. The van der Waals surface area contributed by atoms with E-state index in [9.17, 15) is 0 Å². The van der Waals surface area contributed by atoms with Gasteiger partial charge in [-0.1, -0.05) is 6.07 Å². The number of fused-ring (bicyclic) bond motifs is 1. The number of benzene rings is 1. The lowest BCUT2D eigenvalue weighted by atomic mass is 10.1. The van der Waals surface area contributed by atoms with Crippen LogP contribution < -0.4 is 10.6 Å². The smallest absolute Gasteiger partial charge is 0.0955 e. The first-order valence-corrected chi connectivity index (χ1v) is 7.50. The highest BCUT2D eigenvalue weighted by atomic mass is 32.1. The van der Waals surface area contributed by atoms with E-state index in [2.05, 4.69) is 40.5 Å². The first kappa shape index (κ1) is 12.9. The van der Waals surface area contributed by atoms with Crippen LogP contribution in [0.3, 0.4) is 0 Å². The average Bonchev–Trinajstić information content (AvgIpc) is 2.99. The molecule has 0 aliphatic rings. The van der Waals surface area contributed by atoms with Gasteiger partial charge >= 0.3 is 0 Å². The maximum absolute atomic E-state index is 6.02. The fourth-order valence-electron chi connectivity index (χ4n) is 2.34. The Balaban J connectivity index is 1.88. The van der Waals surface area contributed by atoms with Crippen molar-refractivity contribution in [2.75, 3.05) is 24.2 Å². The lowest BCUT2D eigenvalue weighted by Crippen LogP contribution is -2.20. The van der Waals surface area contributed by atoms with E-state index in [4.69, 9.17) is 5.73 Å². The second-order valence-corrected chi connectivity index (χ2v) is 5.86. The number of nitrogens with zero attached hydrogens (tertiary/aromatic N) is 2. The minimum absolute atomic E-state index is 0.781. The summed E-state index contributed by atoms with van der Waals surface area (Å²) < 4.78 is 0. The summed E-state index contributed by atoms with van der Waals surface area (Å²) in [6, 6.07) is 12.2. The van der Waals surface area contributed by atoms with Gasteiger partial charge in [-0.3, -0.25) is 4.98 Å². The van der Waals surface area contributed by atoms with Crippen molar-refractivity contribution in [1.29, 1.82) is 0 Å². The van der Waals surface area contributed by atoms with E-state index in [1.54, 1.807) is 11.3 Å². The van der Waals surface area contributed by atoms with Crippen LogP contribution in [0.25, 0.3) is 10.9 Å². The van der Waals surface area contributed by atoms with E-state index in [-0.39, 0.29) is 0 Å². The largest absolute Gasteiger partial charge is 0.398 e. The number of anilines is 2. The van der Waals surface area contributed by atoms with Crippen molar-refractivity contribution in [3.05, 3.63) is 52.9 Å². The molecule has 0 atom stereocenters. The molecule has 0 unspecified atom stereocenters. The quantitative estimate of drug-likeness (QED) is 0.744. The summed E-state index contributed by atoms with van der Waals surface area (Å²) >= 11 is 1.80. The topological polar surface area (TPSA) is 42.1 Å². The predicted octanol–water partition coefficient (Wildman–Crippen LogP) is 3.56. The molecule has 3 rings (SSSR count). The van der Waals surface area contributed by atoms with Gasteiger partial charge in [0.25, 0.3) is 0 Å². The molecule has 0 radical (unpaired) electrons. The number of pyridine rings is 1. The van der Waals surface area contributed by atoms with E-state index >= 15 is 0 Å². The molecule has 1 aromatic carbocycles. The molecule has 0 fully saturated rings. The summed E-state index contributed by atoms with van der Waals surface area (Å²) in [6.07, 6.45) is 2.87. The molecule has 4 heteroatoms. The summed E-state index contributed by atoms with van der Waals surface area (Å²) in [6.45, 7) is 0.968. The molecule has 0 aliphatic carbocycles. The second-order valence-electron chi connectivity index (χ2n) is 4.82. The van der Waals surface area contributed by atoms with Crippen molar-refractivity contribution in [2.45, 2.75) is 6.42 Å². The maximum Gasteiger partial charge on any atom is 0.0955 e. The molecule has 0 amide bonds. The zero-order valence-electron chi connectivity index (χ0n) is 11.4. The average molecular weight is 283 g/mol. The molecule has 0 aliphatic heterocycles. The Morgan fingerprint density at radius 3 is 2.90 bits per heavy atom. The summed E-state index contributed by atoms with van der Waals surface area (Å²) in [5.41, 5.74) is 8.90. The molecule has 2 N–H and O–H groups in total. The van der Waals surface area contributed by atoms with E-state index < -0.39 is 0 Å². The molecule has 0 bridgehead atoms. The Kier molecular flexibility index (Phi) is 3.56. The van der Waals surface area contributed by atoms with Crippen molar-refractivity contribution < 1.29 is 0 Å². The van der Waals surface area contributed by atoms with Crippen molar-refractivity contribution in [3.63, 3.8) is 0 Å². The van der Waals surface area contributed by atoms with Crippen LogP contribution in [0, 0.1) is 0 Å². The van der Waals surface area contributed by atoms with Gasteiger partial charge in [0, 0.05) is 35.7 Å². The maximum atomic E-state index is 6.02. The Hall–Kier alpha value is -2.07. The summed E-state index contributed by atoms with van der Waals surface area (Å²) in [4.78, 5) is 8.14. The highest BCUT2D eigenvalue weighted by Crippen LogP contribution is 2.28. The fourth-order valence-corrected chi connectivity index (χ4v) is 3.04. The van der Waals surface area contributed by atoms with Gasteiger partial charge in [-0.2, -0.15) is 0 Å². The standard InChI is InChI=1S/C16H17N3S/c1-19(10-8-12-4-3-11-20-12)15-7-6-14(17)13-5-2-9-18-16(13)15/h2-7,9,11H,8,10,17H2,1H3. The molecular weight excluding hydrogens is 266 g/mol. The highest BCUT2D eigenvalue weighted by molar-refractivity contribution is 7.09. The predicted molar refractivity (Wildman–Crippen MR) is 87.4 cm³/mol. The van der Waals surface area contributed by atoms with Crippen LogP contribution in [0.5, 0.6) is 0 Å². The first-order chi connectivity index (χ1) is 9.75. The molecule has 0 spiro atoms. The monoisotopic (exact) mass is 283 g/mol. The normalized spacial score (nSPS) is 10.8. The van der Waals surface area contributed by atoms with Gasteiger partial charge in [-0.05, 0) is 42.1 Å². The van der Waals surface area contributed by atoms with Crippen LogP contribution in [0.15, 0.2) is 48.0 Å². The van der Waals surface area contributed by atoms with Crippen LogP contribution in [0.4, 0.5) is 11.4 Å². The third kappa shape index (κ3) is 2.47.